The first-order chi connectivity index (χ1) is 10.1. The number of nitrogens with one attached hydrogen (secondary N) is 1. The Morgan fingerprint density at radius 2 is 1.76 bits per heavy atom. The Morgan fingerprint density at radius 1 is 1.05 bits per heavy atom. The molecule has 0 saturated carbocycles. The summed E-state index contributed by atoms with van der Waals surface area (Å²) >= 11 is 0. The summed E-state index contributed by atoms with van der Waals surface area (Å²) < 4.78 is 26.7. The highest BCUT2D eigenvalue weighted by molar-refractivity contribution is 7.89. The molecule has 4 nitrogen and oxygen atoms in total. The molecular formula is C16H18N2O2S. The molecule has 2 aromatic rings. The van der Waals surface area contributed by atoms with E-state index in [-0.39, 0.29) is 0 Å². The lowest BCUT2D eigenvalue weighted by Crippen LogP contribution is -2.26. The van der Waals surface area contributed by atoms with Crippen LogP contribution in [0, 0.1) is 0 Å². The lowest BCUT2D eigenvalue weighted by molar-refractivity contribution is 0.466. The second-order valence-electron chi connectivity index (χ2n) is 5.28. The van der Waals surface area contributed by atoms with Crippen LogP contribution in [0.4, 0.5) is 0 Å². The molecule has 110 valence electrons. The van der Waals surface area contributed by atoms with Gasteiger partial charge in [0, 0.05) is 26.7 Å². The van der Waals surface area contributed by atoms with Crippen molar-refractivity contribution in [1.29, 1.82) is 0 Å². The number of fused-ring (bicyclic) bond motifs is 1. The molecular weight excluding hydrogens is 284 g/mol. The van der Waals surface area contributed by atoms with Gasteiger partial charge in [-0.25, -0.2) is 8.42 Å². The quantitative estimate of drug-likeness (QED) is 0.941. The minimum Gasteiger partial charge on any atom is -0.309 e. The van der Waals surface area contributed by atoms with Gasteiger partial charge in [-0.15, -0.1) is 0 Å². The summed E-state index contributed by atoms with van der Waals surface area (Å²) in [7, 11) is -1.83. The van der Waals surface area contributed by atoms with Gasteiger partial charge in [-0.2, -0.15) is 4.31 Å². The molecule has 3 rings (SSSR count). The maximum absolute atomic E-state index is 12.6. The Bertz CT molecular complexity index is 742. The first-order valence-corrected chi connectivity index (χ1v) is 8.34. The molecule has 2 aromatic carbocycles. The van der Waals surface area contributed by atoms with E-state index < -0.39 is 10.0 Å². The lowest BCUT2D eigenvalue weighted by atomic mass is 10.1. The zero-order valence-electron chi connectivity index (χ0n) is 11.9. The first kappa shape index (κ1) is 14.3. The largest absolute Gasteiger partial charge is 0.309 e. The molecule has 0 fully saturated rings. The Balaban J connectivity index is 1.86. The van der Waals surface area contributed by atoms with E-state index in [2.05, 4.69) is 5.32 Å². The van der Waals surface area contributed by atoms with E-state index in [1.165, 1.54) is 9.87 Å². The van der Waals surface area contributed by atoms with Crippen LogP contribution in [0.5, 0.6) is 0 Å². The molecule has 1 aliphatic rings. The summed E-state index contributed by atoms with van der Waals surface area (Å²) in [6, 6.07) is 15.0. The Hall–Kier alpha value is -1.69. The number of hydrogen-bond acceptors (Lipinski definition) is 3. The molecule has 0 radical (unpaired) electrons. The van der Waals surface area contributed by atoms with Crippen molar-refractivity contribution in [2.45, 2.75) is 24.5 Å². The van der Waals surface area contributed by atoms with Crippen LogP contribution in [0.2, 0.25) is 0 Å². The van der Waals surface area contributed by atoms with E-state index in [4.69, 9.17) is 0 Å². The van der Waals surface area contributed by atoms with E-state index in [0.29, 0.717) is 11.4 Å². The molecule has 21 heavy (non-hydrogen) atoms. The van der Waals surface area contributed by atoms with Crippen molar-refractivity contribution < 1.29 is 8.42 Å². The van der Waals surface area contributed by atoms with E-state index in [1.807, 2.05) is 36.4 Å². The van der Waals surface area contributed by atoms with Gasteiger partial charge in [0.1, 0.15) is 0 Å². The first-order valence-electron chi connectivity index (χ1n) is 6.90. The van der Waals surface area contributed by atoms with Crippen molar-refractivity contribution in [3.8, 4) is 0 Å². The summed E-state index contributed by atoms with van der Waals surface area (Å²) in [5.41, 5.74) is 3.23. The molecule has 0 saturated heterocycles. The highest BCUT2D eigenvalue weighted by atomic mass is 32.2. The zero-order valence-corrected chi connectivity index (χ0v) is 12.7. The van der Waals surface area contributed by atoms with E-state index >= 15 is 0 Å². The number of benzene rings is 2. The van der Waals surface area contributed by atoms with Gasteiger partial charge in [-0.1, -0.05) is 36.4 Å². The number of sulfonamides is 1. The second kappa shape index (κ2) is 5.60. The summed E-state index contributed by atoms with van der Waals surface area (Å²) in [5.74, 6) is 0. The summed E-state index contributed by atoms with van der Waals surface area (Å²) in [6.07, 6.45) is 0. The molecule has 0 unspecified atom stereocenters. The zero-order chi connectivity index (χ0) is 14.9. The van der Waals surface area contributed by atoms with Gasteiger partial charge in [-0.05, 0) is 28.8 Å². The predicted molar refractivity (Wildman–Crippen MR) is 82.1 cm³/mol. The van der Waals surface area contributed by atoms with Crippen LogP contribution in [0.3, 0.4) is 0 Å². The number of rotatable bonds is 4. The second-order valence-corrected chi connectivity index (χ2v) is 7.33. The number of hydrogen-bond donors (Lipinski definition) is 1. The van der Waals surface area contributed by atoms with Gasteiger partial charge in [0.05, 0.1) is 4.90 Å². The summed E-state index contributed by atoms with van der Waals surface area (Å²) in [6.45, 7) is 1.93. The molecule has 0 aliphatic carbocycles. The highest BCUT2D eigenvalue weighted by Crippen LogP contribution is 2.22. The Kier molecular flexibility index (Phi) is 3.80. The predicted octanol–water partition coefficient (Wildman–Crippen LogP) is 2.11. The third-order valence-electron chi connectivity index (χ3n) is 3.76. The maximum Gasteiger partial charge on any atom is 0.243 e. The van der Waals surface area contributed by atoms with Crippen LogP contribution in [-0.2, 0) is 29.7 Å². The lowest BCUT2D eigenvalue weighted by Gasteiger charge is -2.18. The Labute approximate surface area is 125 Å². The molecule has 5 heteroatoms. The molecule has 0 aromatic heterocycles. The molecule has 0 bridgehead atoms. The molecule has 0 atom stereocenters. The SMILES string of the molecule is CN(Cc1ccccc1)S(=O)(=O)c1ccc2c(c1)CNC2. The van der Waals surface area contributed by atoms with Crippen molar-refractivity contribution >= 4 is 10.0 Å². The van der Waals surface area contributed by atoms with Crippen molar-refractivity contribution in [2.75, 3.05) is 7.05 Å². The fourth-order valence-corrected chi connectivity index (χ4v) is 3.75. The normalized spacial score (nSPS) is 14.4. The summed E-state index contributed by atoms with van der Waals surface area (Å²) in [4.78, 5) is 0.364. The van der Waals surface area contributed by atoms with Crippen molar-refractivity contribution in [2.24, 2.45) is 0 Å². The van der Waals surface area contributed by atoms with Crippen molar-refractivity contribution in [1.82, 2.24) is 9.62 Å². The van der Waals surface area contributed by atoms with Gasteiger partial charge in [0.15, 0.2) is 0 Å². The fraction of sp³-hybridized carbons (Fsp3) is 0.250. The van der Waals surface area contributed by atoms with Crippen LogP contribution < -0.4 is 5.32 Å². The van der Waals surface area contributed by atoms with Gasteiger partial charge >= 0.3 is 0 Å². The average molecular weight is 302 g/mol. The van der Waals surface area contributed by atoms with Crippen molar-refractivity contribution in [3.63, 3.8) is 0 Å². The average Bonchev–Trinajstić information content (AvgIpc) is 2.95. The Morgan fingerprint density at radius 3 is 2.52 bits per heavy atom. The smallest absolute Gasteiger partial charge is 0.243 e. The molecule has 0 spiro atoms. The maximum atomic E-state index is 12.6. The van der Waals surface area contributed by atoms with Gasteiger partial charge < -0.3 is 5.32 Å². The van der Waals surface area contributed by atoms with Crippen LogP contribution in [-0.4, -0.2) is 19.8 Å². The topological polar surface area (TPSA) is 49.4 Å². The fourth-order valence-electron chi connectivity index (χ4n) is 2.54. The molecule has 1 aliphatic heterocycles. The van der Waals surface area contributed by atoms with E-state index in [9.17, 15) is 8.42 Å². The minimum atomic E-state index is -3.45. The minimum absolute atomic E-state index is 0.364. The van der Waals surface area contributed by atoms with E-state index in [0.717, 1.165) is 24.2 Å². The third kappa shape index (κ3) is 2.85. The molecule has 1 heterocycles. The van der Waals surface area contributed by atoms with Crippen LogP contribution in [0.15, 0.2) is 53.4 Å². The van der Waals surface area contributed by atoms with Crippen LogP contribution >= 0.6 is 0 Å². The van der Waals surface area contributed by atoms with Crippen LogP contribution in [0.25, 0.3) is 0 Å². The highest BCUT2D eigenvalue weighted by Gasteiger charge is 2.22. The van der Waals surface area contributed by atoms with Gasteiger partial charge in [0.2, 0.25) is 10.0 Å². The third-order valence-corrected chi connectivity index (χ3v) is 5.56. The van der Waals surface area contributed by atoms with Crippen LogP contribution in [0.1, 0.15) is 16.7 Å². The van der Waals surface area contributed by atoms with Gasteiger partial charge in [-0.3, -0.25) is 0 Å². The number of nitrogens with zero attached hydrogens (tertiary/aromatic N) is 1. The van der Waals surface area contributed by atoms with Crippen molar-refractivity contribution in [3.05, 3.63) is 65.2 Å². The summed E-state index contributed by atoms with van der Waals surface area (Å²) in [5, 5.41) is 3.23. The standard InChI is InChI=1S/C16H18N2O2S/c1-18(12-13-5-3-2-4-6-13)21(19,20)16-8-7-14-10-17-11-15(14)9-16/h2-9,17H,10-12H2,1H3. The van der Waals surface area contributed by atoms with E-state index in [1.54, 1.807) is 19.2 Å². The molecule has 1 N–H and O–H groups in total. The molecule has 0 amide bonds. The monoisotopic (exact) mass is 302 g/mol. The van der Waals surface area contributed by atoms with Gasteiger partial charge in [0.25, 0.3) is 0 Å².